The van der Waals surface area contributed by atoms with Crippen molar-refractivity contribution in [3.8, 4) is 5.75 Å². The first-order valence-corrected chi connectivity index (χ1v) is 5.85. The van der Waals surface area contributed by atoms with E-state index in [0.29, 0.717) is 17.4 Å². The first-order chi connectivity index (χ1) is 7.77. The van der Waals surface area contributed by atoms with Crippen molar-refractivity contribution in [3.63, 3.8) is 0 Å². The van der Waals surface area contributed by atoms with Crippen molar-refractivity contribution >= 4 is 11.6 Å². The van der Waals surface area contributed by atoms with Gasteiger partial charge in [-0.3, -0.25) is 0 Å². The Balaban J connectivity index is 2.34. The third-order valence-electron chi connectivity index (χ3n) is 2.27. The molecule has 1 aromatic carbocycles. The summed E-state index contributed by atoms with van der Waals surface area (Å²) in [7, 11) is 1.61. The Hall–Kier alpha value is -0.730. The molecule has 0 atom stereocenters. The molecule has 3 heteroatoms. The molecule has 0 aliphatic carbocycles. The van der Waals surface area contributed by atoms with Crippen LogP contribution in [0.1, 0.15) is 24.8 Å². The predicted molar refractivity (Wildman–Crippen MR) is 66.9 cm³/mol. The van der Waals surface area contributed by atoms with Crippen LogP contribution in [-0.4, -0.2) is 13.7 Å². The Morgan fingerprint density at radius 3 is 2.75 bits per heavy atom. The molecule has 0 aromatic heterocycles. The van der Waals surface area contributed by atoms with E-state index in [-0.39, 0.29) is 0 Å². The van der Waals surface area contributed by atoms with Gasteiger partial charge < -0.3 is 9.47 Å². The van der Waals surface area contributed by atoms with Crippen molar-refractivity contribution in [2.24, 2.45) is 0 Å². The van der Waals surface area contributed by atoms with E-state index in [0.717, 1.165) is 31.4 Å². The summed E-state index contributed by atoms with van der Waals surface area (Å²) in [6, 6.07) is 5.70. The lowest BCUT2D eigenvalue weighted by atomic mass is 10.2. The minimum atomic E-state index is 0.598. The first-order valence-electron chi connectivity index (χ1n) is 5.47. The molecule has 0 unspecified atom stereocenters. The zero-order chi connectivity index (χ0) is 11.8. The molecular formula is C13H18ClO2. The Morgan fingerprint density at radius 2 is 2.12 bits per heavy atom. The average Bonchev–Trinajstić information content (AvgIpc) is 2.29. The number of unbranched alkanes of at least 4 members (excludes halogenated alkanes) is 2. The molecule has 2 nitrogen and oxygen atoms in total. The summed E-state index contributed by atoms with van der Waals surface area (Å²) >= 11 is 6.00. The Bertz CT molecular complexity index is 313. The summed E-state index contributed by atoms with van der Waals surface area (Å²) < 4.78 is 10.6. The van der Waals surface area contributed by atoms with Crippen LogP contribution in [0.25, 0.3) is 0 Å². The molecule has 1 radical (unpaired) electrons. The molecule has 0 bridgehead atoms. The summed E-state index contributed by atoms with van der Waals surface area (Å²) in [5.74, 6) is 0.697. The third kappa shape index (κ3) is 4.42. The van der Waals surface area contributed by atoms with Gasteiger partial charge >= 0.3 is 0 Å². The maximum Gasteiger partial charge on any atom is 0.137 e. The van der Waals surface area contributed by atoms with Gasteiger partial charge in [0.25, 0.3) is 0 Å². The smallest absolute Gasteiger partial charge is 0.137 e. The van der Waals surface area contributed by atoms with Crippen molar-refractivity contribution in [2.45, 2.75) is 25.9 Å². The van der Waals surface area contributed by atoms with Crippen molar-refractivity contribution in [2.75, 3.05) is 13.7 Å². The minimum Gasteiger partial charge on any atom is -0.495 e. The van der Waals surface area contributed by atoms with Crippen LogP contribution in [-0.2, 0) is 11.3 Å². The standard InChI is InChI=1S/C13H18ClO2/c1-3-4-5-8-16-10-11-6-7-13(15-2)12(14)9-11/h6-7,9H,1,3-5,8,10H2,2H3. The van der Waals surface area contributed by atoms with Gasteiger partial charge in [-0.15, -0.1) is 0 Å². The minimum absolute atomic E-state index is 0.598. The molecule has 0 spiro atoms. The maximum atomic E-state index is 6.00. The van der Waals surface area contributed by atoms with Gasteiger partial charge in [-0.1, -0.05) is 37.4 Å². The van der Waals surface area contributed by atoms with Crippen LogP contribution < -0.4 is 4.74 Å². The zero-order valence-corrected chi connectivity index (χ0v) is 10.4. The van der Waals surface area contributed by atoms with Crippen LogP contribution in [0.3, 0.4) is 0 Å². The number of hydrogen-bond donors (Lipinski definition) is 0. The van der Waals surface area contributed by atoms with Gasteiger partial charge in [0, 0.05) is 6.61 Å². The lowest BCUT2D eigenvalue weighted by Gasteiger charge is -2.07. The molecule has 0 aliphatic heterocycles. The number of ether oxygens (including phenoxy) is 2. The lowest BCUT2D eigenvalue weighted by molar-refractivity contribution is 0.117. The van der Waals surface area contributed by atoms with Crippen LogP contribution in [0.5, 0.6) is 5.75 Å². The van der Waals surface area contributed by atoms with Crippen LogP contribution in [0.2, 0.25) is 5.02 Å². The van der Waals surface area contributed by atoms with Gasteiger partial charge in [-0.25, -0.2) is 0 Å². The number of methoxy groups -OCH3 is 1. The number of halogens is 1. The second kappa shape index (κ2) is 7.53. The van der Waals surface area contributed by atoms with E-state index in [9.17, 15) is 0 Å². The van der Waals surface area contributed by atoms with E-state index in [4.69, 9.17) is 21.1 Å². The lowest BCUT2D eigenvalue weighted by Crippen LogP contribution is -1.96. The highest BCUT2D eigenvalue weighted by Crippen LogP contribution is 2.25. The largest absolute Gasteiger partial charge is 0.495 e. The van der Waals surface area contributed by atoms with Crippen LogP contribution in [0, 0.1) is 6.92 Å². The van der Waals surface area contributed by atoms with E-state index < -0.39 is 0 Å². The molecule has 89 valence electrons. The molecule has 0 saturated heterocycles. The second-order valence-corrected chi connectivity index (χ2v) is 3.99. The third-order valence-corrected chi connectivity index (χ3v) is 2.57. The quantitative estimate of drug-likeness (QED) is 0.675. The monoisotopic (exact) mass is 241 g/mol. The molecule has 0 fully saturated rings. The molecule has 0 heterocycles. The van der Waals surface area contributed by atoms with Gasteiger partial charge in [-0.05, 0) is 24.1 Å². The number of rotatable bonds is 7. The van der Waals surface area contributed by atoms with Crippen LogP contribution >= 0.6 is 11.6 Å². The van der Waals surface area contributed by atoms with Gasteiger partial charge in [0.15, 0.2) is 0 Å². The highest BCUT2D eigenvalue weighted by atomic mass is 35.5. The topological polar surface area (TPSA) is 18.5 Å². The number of benzene rings is 1. The zero-order valence-electron chi connectivity index (χ0n) is 9.67. The summed E-state index contributed by atoms with van der Waals surface area (Å²) in [5, 5.41) is 0.626. The SMILES string of the molecule is [CH2]CCCCOCc1ccc(OC)c(Cl)c1. The van der Waals surface area contributed by atoms with E-state index in [1.807, 2.05) is 18.2 Å². The fourth-order valence-corrected chi connectivity index (χ4v) is 1.65. The normalized spacial score (nSPS) is 10.4. The fraction of sp³-hybridized carbons (Fsp3) is 0.462. The van der Waals surface area contributed by atoms with Crippen molar-refractivity contribution < 1.29 is 9.47 Å². The molecule has 1 aromatic rings. The van der Waals surface area contributed by atoms with Gasteiger partial charge in [0.2, 0.25) is 0 Å². The van der Waals surface area contributed by atoms with Crippen molar-refractivity contribution in [1.29, 1.82) is 0 Å². The first kappa shape index (κ1) is 13.3. The highest BCUT2D eigenvalue weighted by Gasteiger charge is 2.01. The van der Waals surface area contributed by atoms with Crippen LogP contribution in [0.15, 0.2) is 18.2 Å². The van der Waals surface area contributed by atoms with E-state index >= 15 is 0 Å². The summed E-state index contributed by atoms with van der Waals surface area (Å²) in [5.41, 5.74) is 1.07. The van der Waals surface area contributed by atoms with Gasteiger partial charge in [0.05, 0.1) is 18.7 Å². The molecule has 1 rings (SSSR count). The molecule has 0 N–H and O–H groups in total. The molecule has 0 amide bonds. The second-order valence-electron chi connectivity index (χ2n) is 3.58. The summed E-state index contributed by atoms with van der Waals surface area (Å²) in [6.07, 6.45) is 3.15. The molecule has 16 heavy (non-hydrogen) atoms. The molecule has 0 aliphatic rings. The Morgan fingerprint density at radius 1 is 1.31 bits per heavy atom. The van der Waals surface area contributed by atoms with Crippen molar-refractivity contribution in [1.82, 2.24) is 0 Å². The molecule has 0 saturated carbocycles. The summed E-state index contributed by atoms with van der Waals surface area (Å²) in [4.78, 5) is 0. The van der Waals surface area contributed by atoms with E-state index in [2.05, 4.69) is 6.92 Å². The van der Waals surface area contributed by atoms with Crippen molar-refractivity contribution in [3.05, 3.63) is 35.7 Å². The highest BCUT2D eigenvalue weighted by molar-refractivity contribution is 6.32. The average molecular weight is 242 g/mol. The Labute approximate surface area is 103 Å². The molecular weight excluding hydrogens is 224 g/mol. The van der Waals surface area contributed by atoms with E-state index in [1.165, 1.54) is 0 Å². The van der Waals surface area contributed by atoms with E-state index in [1.54, 1.807) is 7.11 Å². The Kier molecular flexibility index (Phi) is 6.27. The fourth-order valence-electron chi connectivity index (χ4n) is 1.37. The maximum absolute atomic E-state index is 6.00. The van der Waals surface area contributed by atoms with Crippen LogP contribution in [0.4, 0.5) is 0 Å². The van der Waals surface area contributed by atoms with Gasteiger partial charge in [-0.2, -0.15) is 0 Å². The van der Waals surface area contributed by atoms with Gasteiger partial charge in [0.1, 0.15) is 5.75 Å². The predicted octanol–water partition coefficient (Wildman–Crippen LogP) is 3.87. The summed E-state index contributed by atoms with van der Waals surface area (Å²) in [6.45, 7) is 5.16. The number of hydrogen-bond acceptors (Lipinski definition) is 2.